The molecule has 4 N–H and O–H groups in total. The van der Waals surface area contributed by atoms with Crippen molar-refractivity contribution in [2.75, 3.05) is 12.3 Å². The van der Waals surface area contributed by atoms with E-state index in [1.807, 2.05) is 6.07 Å². The number of carbonyl (C=O) groups excluding carboxylic acids is 3. The number of nitrogen functional groups attached to an aromatic ring is 1. The van der Waals surface area contributed by atoms with Crippen molar-refractivity contribution in [3.8, 4) is 6.07 Å². The molecule has 2 aromatic rings. The molecule has 1 aliphatic heterocycles. The van der Waals surface area contributed by atoms with Crippen molar-refractivity contribution in [2.45, 2.75) is 103 Å². The highest BCUT2D eigenvalue weighted by molar-refractivity contribution is 5.82. The smallest absolute Gasteiger partial charge is 0.408 e. The molecule has 0 radical (unpaired) electrons. The van der Waals surface area contributed by atoms with Crippen molar-refractivity contribution >= 4 is 29.4 Å². The number of alkyl carbamates (subject to hydrolysis) is 1. The number of aliphatic hydroxyl groups is 1. The summed E-state index contributed by atoms with van der Waals surface area (Å²) >= 11 is 0. The Morgan fingerprint density at radius 1 is 1.26 bits per heavy atom. The van der Waals surface area contributed by atoms with Gasteiger partial charge in [-0.15, -0.1) is 0 Å². The number of carbonyl (C=O) groups is 3. The fourth-order valence-corrected chi connectivity index (χ4v) is 5.10. The average Bonchev–Trinajstić information content (AvgIpc) is 3.43. The molecule has 14 nitrogen and oxygen atoms in total. The van der Waals surface area contributed by atoms with Crippen LogP contribution >= 0.6 is 0 Å². The zero-order valence-corrected chi connectivity index (χ0v) is 25.3. The van der Waals surface area contributed by atoms with Crippen LogP contribution < -0.4 is 11.1 Å². The Balaban J connectivity index is 1.64. The van der Waals surface area contributed by atoms with Crippen molar-refractivity contribution in [3.05, 3.63) is 24.2 Å². The van der Waals surface area contributed by atoms with Crippen LogP contribution in [0.3, 0.4) is 0 Å². The van der Waals surface area contributed by atoms with Crippen molar-refractivity contribution in [2.24, 2.45) is 11.3 Å². The molecule has 5 atom stereocenters. The van der Waals surface area contributed by atoms with Gasteiger partial charge in [0.05, 0.1) is 5.69 Å². The maximum absolute atomic E-state index is 13.6. The molecule has 4 rings (SSSR count). The molecule has 1 saturated heterocycles. The monoisotopic (exact) mass is 600 g/mol. The Labute approximate surface area is 249 Å². The molecule has 2 aliphatic rings. The number of esters is 2. The molecular weight excluding hydrogens is 560 g/mol. The van der Waals surface area contributed by atoms with Gasteiger partial charge in [-0.25, -0.2) is 19.1 Å². The van der Waals surface area contributed by atoms with Crippen LogP contribution in [0.5, 0.6) is 0 Å². The standard InChI is InChI=1S/C29H40N6O8/c1-27(2,3)22(34-26(39)43-28(4,5)6)25(38)41-21-18(13-40-20(36)12-16-8-7-9-16)42-29(14-30,23(21)37)19-11-10-17-24(31)32-15-33-35(17)19/h10-11,15-16,18,21-23,37H,7-9,12-13H2,1-6H3,(H,34,39)(H2,31,32,33)/t18-,21-,22-,23-,29+/m1/s1. The number of hydrogen-bond acceptors (Lipinski definition) is 12. The molecule has 1 amide bonds. The number of aromatic nitrogens is 3. The first-order valence-electron chi connectivity index (χ1n) is 14.3. The highest BCUT2D eigenvalue weighted by Crippen LogP contribution is 2.42. The molecule has 0 bridgehead atoms. The van der Waals surface area contributed by atoms with Crippen molar-refractivity contribution < 1.29 is 38.4 Å². The highest BCUT2D eigenvalue weighted by Gasteiger charge is 2.60. The van der Waals surface area contributed by atoms with E-state index in [9.17, 15) is 24.8 Å². The SMILES string of the molecule is CC(C)(C)OC(=O)N[C@H](C(=O)O[C@H]1[C@@H](O)[C@](C#N)(c2ccc3c(N)ncnn23)O[C@@H]1COC(=O)CC1CCC1)C(C)(C)C. The summed E-state index contributed by atoms with van der Waals surface area (Å²) in [4.78, 5) is 42.7. The predicted molar refractivity (Wildman–Crippen MR) is 151 cm³/mol. The van der Waals surface area contributed by atoms with Crippen molar-refractivity contribution in [1.29, 1.82) is 5.26 Å². The van der Waals surface area contributed by atoms with Gasteiger partial charge in [0.15, 0.2) is 11.9 Å². The van der Waals surface area contributed by atoms with Crippen LogP contribution in [0.2, 0.25) is 0 Å². The molecule has 14 heteroatoms. The van der Waals surface area contributed by atoms with Gasteiger partial charge in [-0.2, -0.15) is 10.4 Å². The Bertz CT molecular complexity index is 1400. The fourth-order valence-electron chi connectivity index (χ4n) is 5.10. The first-order valence-corrected chi connectivity index (χ1v) is 14.3. The third kappa shape index (κ3) is 6.83. The molecule has 1 saturated carbocycles. The Hall–Kier alpha value is -3.96. The van der Waals surface area contributed by atoms with Crippen LogP contribution in [-0.4, -0.2) is 74.3 Å². The number of nitriles is 1. The van der Waals surface area contributed by atoms with Gasteiger partial charge < -0.3 is 35.1 Å². The number of aliphatic hydroxyl groups excluding tert-OH is 1. The molecule has 0 spiro atoms. The number of rotatable bonds is 8. The molecular formula is C29H40N6O8. The van der Waals surface area contributed by atoms with Crippen LogP contribution in [0, 0.1) is 22.7 Å². The van der Waals surface area contributed by atoms with Crippen LogP contribution in [-0.2, 0) is 34.1 Å². The molecule has 0 unspecified atom stereocenters. The maximum Gasteiger partial charge on any atom is 0.408 e. The largest absolute Gasteiger partial charge is 0.463 e. The van der Waals surface area contributed by atoms with E-state index in [0.29, 0.717) is 5.52 Å². The highest BCUT2D eigenvalue weighted by atomic mass is 16.6. The summed E-state index contributed by atoms with van der Waals surface area (Å²) in [7, 11) is 0. The average molecular weight is 601 g/mol. The first kappa shape index (κ1) is 32.0. The Morgan fingerprint density at radius 2 is 1.95 bits per heavy atom. The van der Waals surface area contributed by atoms with E-state index < -0.39 is 65.6 Å². The van der Waals surface area contributed by atoms with E-state index in [1.54, 1.807) is 47.6 Å². The van der Waals surface area contributed by atoms with Gasteiger partial charge >= 0.3 is 18.0 Å². The molecule has 2 fully saturated rings. The lowest BCUT2D eigenvalue weighted by molar-refractivity contribution is -0.165. The molecule has 0 aromatic carbocycles. The summed E-state index contributed by atoms with van der Waals surface area (Å²) in [5.74, 6) is -0.988. The van der Waals surface area contributed by atoms with Gasteiger partial charge in [0.1, 0.15) is 48.4 Å². The first-order chi connectivity index (χ1) is 20.1. The summed E-state index contributed by atoms with van der Waals surface area (Å²) in [6.07, 6.45) is -0.947. The van der Waals surface area contributed by atoms with Gasteiger partial charge in [-0.1, -0.05) is 27.2 Å². The summed E-state index contributed by atoms with van der Waals surface area (Å²) in [5.41, 5.74) is 2.67. The van der Waals surface area contributed by atoms with Crippen LogP contribution in [0.25, 0.3) is 5.52 Å². The number of amides is 1. The summed E-state index contributed by atoms with van der Waals surface area (Å²) in [5, 5.41) is 28.8. The lowest BCUT2D eigenvalue weighted by atomic mass is 9.83. The minimum atomic E-state index is -2.10. The van der Waals surface area contributed by atoms with Crippen LogP contribution in [0.15, 0.2) is 18.5 Å². The normalized spacial score (nSPS) is 24.9. The number of nitrogens with two attached hydrogens (primary N) is 1. The molecule has 2 aromatic heterocycles. The van der Waals surface area contributed by atoms with Crippen molar-refractivity contribution in [3.63, 3.8) is 0 Å². The quantitative estimate of drug-likeness (QED) is 0.295. The minimum absolute atomic E-state index is 0.107. The zero-order chi connectivity index (χ0) is 31.7. The van der Waals surface area contributed by atoms with E-state index in [4.69, 9.17) is 24.7 Å². The summed E-state index contributed by atoms with van der Waals surface area (Å²) in [6, 6.07) is 3.86. The number of nitrogens with zero attached hydrogens (tertiary/aromatic N) is 4. The van der Waals surface area contributed by atoms with Crippen LogP contribution in [0.1, 0.15) is 72.9 Å². The fraction of sp³-hybridized carbons (Fsp3) is 0.655. The van der Waals surface area contributed by atoms with Gasteiger partial charge in [-0.05, 0) is 57.1 Å². The number of ether oxygens (including phenoxy) is 4. The van der Waals surface area contributed by atoms with Gasteiger partial charge in [0.2, 0.25) is 5.60 Å². The molecule has 43 heavy (non-hydrogen) atoms. The zero-order valence-electron chi connectivity index (χ0n) is 25.3. The lowest BCUT2D eigenvalue weighted by Gasteiger charge is -2.32. The Morgan fingerprint density at radius 3 is 2.53 bits per heavy atom. The Kier molecular flexibility index (Phi) is 8.90. The van der Waals surface area contributed by atoms with Gasteiger partial charge in [-0.3, -0.25) is 4.79 Å². The lowest BCUT2D eigenvalue weighted by Crippen LogP contribution is -2.53. The van der Waals surface area contributed by atoms with E-state index in [-0.39, 0.29) is 23.9 Å². The predicted octanol–water partition coefficient (Wildman–Crippen LogP) is 2.37. The van der Waals surface area contributed by atoms with E-state index in [0.717, 1.165) is 19.3 Å². The second kappa shape index (κ2) is 12.0. The number of nitrogens with one attached hydrogen (secondary N) is 1. The summed E-state index contributed by atoms with van der Waals surface area (Å²) < 4.78 is 24.0. The van der Waals surface area contributed by atoms with Crippen LogP contribution in [0.4, 0.5) is 10.6 Å². The van der Waals surface area contributed by atoms with Gasteiger partial charge in [0, 0.05) is 6.42 Å². The molecule has 1 aliphatic carbocycles. The van der Waals surface area contributed by atoms with E-state index in [1.165, 1.54) is 16.9 Å². The number of fused-ring (bicyclic) bond motifs is 1. The topological polar surface area (TPSA) is 200 Å². The minimum Gasteiger partial charge on any atom is -0.463 e. The second-order valence-corrected chi connectivity index (χ2v) is 13.1. The third-order valence-corrected chi connectivity index (χ3v) is 7.56. The van der Waals surface area contributed by atoms with E-state index in [2.05, 4.69) is 15.4 Å². The maximum atomic E-state index is 13.6. The third-order valence-electron chi connectivity index (χ3n) is 7.56. The van der Waals surface area contributed by atoms with Crippen molar-refractivity contribution in [1.82, 2.24) is 19.9 Å². The molecule has 3 heterocycles. The second-order valence-electron chi connectivity index (χ2n) is 13.1. The van der Waals surface area contributed by atoms with E-state index >= 15 is 0 Å². The molecule has 234 valence electrons. The van der Waals surface area contributed by atoms with Gasteiger partial charge in [0.25, 0.3) is 0 Å². The summed E-state index contributed by atoms with van der Waals surface area (Å²) in [6.45, 7) is 9.81. The number of anilines is 1. The number of hydrogen-bond donors (Lipinski definition) is 3.